The van der Waals surface area contributed by atoms with Crippen molar-refractivity contribution in [2.45, 2.75) is 19.4 Å². The summed E-state index contributed by atoms with van der Waals surface area (Å²) in [6, 6.07) is -1.29. The van der Waals surface area contributed by atoms with Crippen molar-refractivity contribution in [3.05, 3.63) is 0 Å². The van der Waals surface area contributed by atoms with Gasteiger partial charge in [-0.05, 0) is 0 Å². The van der Waals surface area contributed by atoms with Gasteiger partial charge in [0.15, 0.2) is 0 Å². The van der Waals surface area contributed by atoms with Crippen LogP contribution in [0, 0.1) is 0 Å². The van der Waals surface area contributed by atoms with Gasteiger partial charge >= 0.3 is 11.9 Å². The molecule has 0 amide bonds. The molecule has 0 aromatic heterocycles. The smallest absolute Gasteiger partial charge is 0.321 e. The SMILES string of the molecule is CC(=O)O.NC(CC(=O)O)C(=O)O. The number of carbonyl (C=O) groups is 3. The fourth-order valence-corrected chi connectivity index (χ4v) is 0.275. The van der Waals surface area contributed by atoms with Crippen LogP contribution in [0.5, 0.6) is 0 Å². The molecule has 0 spiro atoms. The highest BCUT2D eigenvalue weighted by Crippen LogP contribution is 1.86. The van der Waals surface area contributed by atoms with Crippen LogP contribution in [0.25, 0.3) is 0 Å². The number of rotatable bonds is 3. The number of carboxylic acid groups (broad SMARTS) is 3. The summed E-state index contributed by atoms with van der Waals surface area (Å²) in [5.74, 6) is -3.33. The van der Waals surface area contributed by atoms with Crippen LogP contribution >= 0.6 is 0 Å². The van der Waals surface area contributed by atoms with Crippen molar-refractivity contribution < 1.29 is 29.7 Å². The third kappa shape index (κ3) is 17.9. The van der Waals surface area contributed by atoms with Gasteiger partial charge in [0, 0.05) is 6.92 Å². The van der Waals surface area contributed by atoms with E-state index in [2.05, 4.69) is 0 Å². The largest absolute Gasteiger partial charge is 0.481 e. The van der Waals surface area contributed by atoms with E-state index in [9.17, 15) is 9.59 Å². The van der Waals surface area contributed by atoms with Gasteiger partial charge in [-0.25, -0.2) is 0 Å². The van der Waals surface area contributed by atoms with Crippen LogP contribution < -0.4 is 5.73 Å². The fraction of sp³-hybridized carbons (Fsp3) is 0.500. The van der Waals surface area contributed by atoms with Crippen LogP contribution in [0.3, 0.4) is 0 Å². The Morgan fingerprint density at radius 1 is 1.23 bits per heavy atom. The number of hydrogen-bond acceptors (Lipinski definition) is 4. The Hall–Kier alpha value is -1.63. The molecule has 0 saturated heterocycles. The van der Waals surface area contributed by atoms with E-state index in [0.29, 0.717) is 0 Å². The van der Waals surface area contributed by atoms with Gasteiger partial charge in [-0.2, -0.15) is 0 Å². The molecule has 0 heterocycles. The first-order valence-electron chi connectivity index (χ1n) is 3.17. The predicted molar refractivity (Wildman–Crippen MR) is 41.2 cm³/mol. The van der Waals surface area contributed by atoms with Crippen molar-refractivity contribution >= 4 is 17.9 Å². The number of nitrogens with two attached hydrogens (primary N) is 1. The van der Waals surface area contributed by atoms with Crippen LogP contribution in [0.15, 0.2) is 0 Å². The fourth-order valence-electron chi connectivity index (χ4n) is 0.275. The molecule has 0 aromatic rings. The summed E-state index contributed by atoms with van der Waals surface area (Å²) in [5, 5.41) is 23.4. The molecule has 0 aliphatic carbocycles. The average molecular weight is 193 g/mol. The van der Waals surface area contributed by atoms with Crippen LogP contribution in [0.2, 0.25) is 0 Å². The molecular weight excluding hydrogens is 182 g/mol. The standard InChI is InChI=1S/C4H7NO4.C2H4O2/c5-2(4(8)9)1-3(6)7;1-2(3)4/h2H,1,5H2,(H,6,7)(H,8,9);1H3,(H,3,4). The summed E-state index contributed by atoms with van der Waals surface area (Å²) in [6.07, 6.45) is -0.532. The predicted octanol–water partition coefficient (Wildman–Crippen LogP) is -1.04. The van der Waals surface area contributed by atoms with Crippen LogP contribution in [0.4, 0.5) is 0 Å². The molecule has 1 atom stereocenters. The molecule has 0 radical (unpaired) electrons. The molecule has 0 aliphatic heterocycles. The molecule has 13 heavy (non-hydrogen) atoms. The minimum absolute atomic E-state index is 0.532. The van der Waals surface area contributed by atoms with Crippen LogP contribution in [-0.4, -0.2) is 39.3 Å². The zero-order valence-corrected chi connectivity index (χ0v) is 6.93. The Bertz CT molecular complexity index is 197. The Labute approximate surface area is 73.8 Å². The monoisotopic (exact) mass is 193 g/mol. The molecule has 7 heteroatoms. The van der Waals surface area contributed by atoms with Gasteiger partial charge in [0.2, 0.25) is 0 Å². The molecule has 0 fully saturated rings. The topological polar surface area (TPSA) is 138 Å². The highest BCUT2D eigenvalue weighted by atomic mass is 16.4. The van der Waals surface area contributed by atoms with Gasteiger partial charge in [-0.1, -0.05) is 0 Å². The lowest BCUT2D eigenvalue weighted by Crippen LogP contribution is -2.32. The summed E-state index contributed by atoms with van der Waals surface area (Å²) >= 11 is 0. The Morgan fingerprint density at radius 3 is 1.62 bits per heavy atom. The van der Waals surface area contributed by atoms with Gasteiger partial charge in [-0.15, -0.1) is 0 Å². The van der Waals surface area contributed by atoms with E-state index in [1.807, 2.05) is 0 Å². The Morgan fingerprint density at radius 2 is 1.54 bits per heavy atom. The third-order valence-corrected chi connectivity index (χ3v) is 0.712. The third-order valence-electron chi connectivity index (χ3n) is 0.712. The van der Waals surface area contributed by atoms with Gasteiger partial charge in [0.1, 0.15) is 6.04 Å². The second-order valence-electron chi connectivity index (χ2n) is 2.06. The highest BCUT2D eigenvalue weighted by molar-refractivity contribution is 5.80. The lowest BCUT2D eigenvalue weighted by Gasteiger charge is -1.99. The van der Waals surface area contributed by atoms with E-state index in [4.69, 9.17) is 25.8 Å². The van der Waals surface area contributed by atoms with Crippen molar-refractivity contribution in [1.29, 1.82) is 0 Å². The first-order valence-corrected chi connectivity index (χ1v) is 3.17. The van der Waals surface area contributed by atoms with Gasteiger partial charge < -0.3 is 21.1 Å². The molecule has 0 aromatic carbocycles. The van der Waals surface area contributed by atoms with Crippen molar-refractivity contribution in [3.8, 4) is 0 Å². The van der Waals surface area contributed by atoms with E-state index in [-0.39, 0.29) is 0 Å². The maximum atomic E-state index is 9.85. The molecule has 0 saturated carbocycles. The molecule has 0 bridgehead atoms. The van der Waals surface area contributed by atoms with Gasteiger partial charge in [-0.3, -0.25) is 14.4 Å². The van der Waals surface area contributed by atoms with Crippen LogP contribution in [0.1, 0.15) is 13.3 Å². The van der Waals surface area contributed by atoms with Gasteiger partial charge in [0.25, 0.3) is 5.97 Å². The minimum Gasteiger partial charge on any atom is -0.481 e. The number of hydrogen-bond donors (Lipinski definition) is 4. The first-order chi connectivity index (χ1) is 5.77. The molecule has 0 rings (SSSR count). The summed E-state index contributed by atoms with van der Waals surface area (Å²) in [4.78, 5) is 28.6. The lowest BCUT2D eigenvalue weighted by atomic mass is 10.2. The van der Waals surface area contributed by atoms with E-state index < -0.39 is 30.4 Å². The summed E-state index contributed by atoms with van der Waals surface area (Å²) in [7, 11) is 0. The maximum absolute atomic E-state index is 9.85. The second kappa shape index (κ2) is 7.04. The lowest BCUT2D eigenvalue weighted by molar-refractivity contribution is -0.144. The Balaban J connectivity index is 0. The van der Waals surface area contributed by atoms with E-state index in [1.165, 1.54) is 0 Å². The molecule has 1 unspecified atom stereocenters. The van der Waals surface area contributed by atoms with E-state index in [1.54, 1.807) is 0 Å². The van der Waals surface area contributed by atoms with Crippen molar-refractivity contribution in [3.63, 3.8) is 0 Å². The first kappa shape index (κ1) is 13.9. The highest BCUT2D eigenvalue weighted by Gasteiger charge is 2.14. The minimum atomic E-state index is -1.29. The average Bonchev–Trinajstić information content (AvgIpc) is 1.83. The zero-order chi connectivity index (χ0) is 11.0. The summed E-state index contributed by atoms with van der Waals surface area (Å²) < 4.78 is 0. The number of carboxylic acids is 3. The molecule has 7 nitrogen and oxygen atoms in total. The summed E-state index contributed by atoms with van der Waals surface area (Å²) in [5.41, 5.74) is 4.84. The quantitative estimate of drug-likeness (QED) is 0.449. The zero-order valence-electron chi connectivity index (χ0n) is 6.93. The second-order valence-corrected chi connectivity index (χ2v) is 2.06. The van der Waals surface area contributed by atoms with Gasteiger partial charge in [0.05, 0.1) is 6.42 Å². The normalized spacial score (nSPS) is 10.6. The van der Waals surface area contributed by atoms with Crippen LogP contribution in [-0.2, 0) is 14.4 Å². The number of aliphatic carboxylic acids is 3. The molecule has 0 aliphatic rings. The molecular formula is C6H11NO6. The maximum Gasteiger partial charge on any atom is 0.321 e. The van der Waals surface area contributed by atoms with Crippen molar-refractivity contribution in [2.75, 3.05) is 0 Å². The van der Waals surface area contributed by atoms with E-state index >= 15 is 0 Å². The van der Waals surface area contributed by atoms with E-state index in [0.717, 1.165) is 6.92 Å². The van der Waals surface area contributed by atoms with Crippen molar-refractivity contribution in [1.82, 2.24) is 0 Å². The molecule has 5 N–H and O–H groups in total. The summed E-state index contributed by atoms with van der Waals surface area (Å²) in [6.45, 7) is 1.08. The molecule has 76 valence electrons. The Kier molecular flexibility index (Phi) is 7.54. The van der Waals surface area contributed by atoms with Crippen molar-refractivity contribution in [2.24, 2.45) is 5.73 Å².